The van der Waals surface area contributed by atoms with Crippen molar-refractivity contribution in [1.82, 2.24) is 24.8 Å². The monoisotopic (exact) mass is 463 g/mol. The molecule has 0 spiro atoms. The lowest BCUT2D eigenvalue weighted by molar-refractivity contribution is 0.339. The number of hydrogen-bond acceptors (Lipinski definition) is 4. The highest BCUT2D eigenvalue weighted by molar-refractivity contribution is 6.30. The van der Waals surface area contributed by atoms with Gasteiger partial charge in [0.2, 0.25) is 0 Å². The van der Waals surface area contributed by atoms with Crippen LogP contribution in [0.1, 0.15) is 30.7 Å². The summed E-state index contributed by atoms with van der Waals surface area (Å²) in [6.07, 6.45) is 6.39. The molecule has 0 aliphatic carbocycles. The second-order valence-corrected chi connectivity index (χ2v) is 9.10. The Kier molecular flexibility index (Phi) is 6.65. The van der Waals surface area contributed by atoms with Gasteiger partial charge < -0.3 is 9.88 Å². The summed E-state index contributed by atoms with van der Waals surface area (Å²) in [5, 5.41) is 4.12. The summed E-state index contributed by atoms with van der Waals surface area (Å²) >= 11 is 6.28. The fourth-order valence-electron chi connectivity index (χ4n) is 4.56. The van der Waals surface area contributed by atoms with Crippen LogP contribution in [0.15, 0.2) is 54.7 Å². The van der Waals surface area contributed by atoms with Crippen LogP contribution in [0.25, 0.3) is 22.6 Å². The first kappa shape index (κ1) is 22.0. The van der Waals surface area contributed by atoms with Gasteiger partial charge in [0.05, 0.1) is 6.20 Å². The van der Waals surface area contributed by atoms with E-state index in [-0.39, 0.29) is 5.82 Å². The molecule has 0 saturated carbocycles. The molecule has 0 radical (unpaired) electrons. The highest BCUT2D eigenvalue weighted by Crippen LogP contribution is 2.28. The first-order valence-corrected chi connectivity index (χ1v) is 12.0. The minimum Gasteiger partial charge on any atom is -0.317 e. The van der Waals surface area contributed by atoms with E-state index >= 15 is 0 Å². The van der Waals surface area contributed by atoms with Gasteiger partial charge >= 0.3 is 0 Å². The summed E-state index contributed by atoms with van der Waals surface area (Å²) in [6.45, 7) is 3.00. The van der Waals surface area contributed by atoms with E-state index in [1.165, 1.54) is 18.9 Å². The second kappa shape index (κ2) is 9.98. The standard InChI is InChI=1S/C26H27ClFN5/c27-21-6-3-5-20(16-21)25-31-23-17-30-24(9-8-19-4-1-2-7-22(19)28)32-26(23)33(25)15-12-18-10-13-29-14-11-18/h1-7,16-18,29H,8-15H2. The van der Waals surface area contributed by atoms with Crippen molar-refractivity contribution < 1.29 is 4.39 Å². The molecule has 1 saturated heterocycles. The lowest BCUT2D eigenvalue weighted by Crippen LogP contribution is -2.28. The van der Waals surface area contributed by atoms with Crippen LogP contribution in [0.4, 0.5) is 4.39 Å². The first-order chi connectivity index (χ1) is 16.2. The molecule has 33 heavy (non-hydrogen) atoms. The Morgan fingerprint density at radius 1 is 1.03 bits per heavy atom. The van der Waals surface area contributed by atoms with E-state index in [0.717, 1.165) is 48.6 Å². The molecule has 7 heteroatoms. The van der Waals surface area contributed by atoms with E-state index in [4.69, 9.17) is 21.6 Å². The van der Waals surface area contributed by atoms with Crippen molar-refractivity contribution >= 4 is 22.8 Å². The third-order valence-electron chi connectivity index (χ3n) is 6.42. The minimum absolute atomic E-state index is 0.186. The number of aromatic nitrogens is 4. The summed E-state index contributed by atoms with van der Waals surface area (Å²) in [5.41, 5.74) is 3.25. The normalized spacial score (nSPS) is 14.7. The maximum Gasteiger partial charge on any atom is 0.164 e. The van der Waals surface area contributed by atoms with Crippen molar-refractivity contribution in [2.24, 2.45) is 5.92 Å². The summed E-state index contributed by atoms with van der Waals surface area (Å²) in [4.78, 5) is 14.3. The fraction of sp³-hybridized carbons (Fsp3) is 0.346. The van der Waals surface area contributed by atoms with Gasteiger partial charge in [0.15, 0.2) is 5.65 Å². The van der Waals surface area contributed by atoms with Crippen LogP contribution in [0.2, 0.25) is 5.02 Å². The molecule has 4 aromatic rings. The van der Waals surface area contributed by atoms with Gasteiger partial charge in [0, 0.05) is 23.6 Å². The van der Waals surface area contributed by atoms with Crippen LogP contribution < -0.4 is 5.32 Å². The predicted octanol–water partition coefficient (Wildman–Crippen LogP) is 5.46. The molecule has 0 unspecified atom stereocenters. The van der Waals surface area contributed by atoms with E-state index in [0.29, 0.717) is 35.2 Å². The average molecular weight is 464 g/mol. The number of nitrogens with one attached hydrogen (secondary N) is 1. The largest absolute Gasteiger partial charge is 0.317 e. The lowest BCUT2D eigenvalue weighted by Gasteiger charge is -2.23. The highest BCUT2D eigenvalue weighted by Gasteiger charge is 2.18. The van der Waals surface area contributed by atoms with Gasteiger partial charge in [0.25, 0.3) is 0 Å². The third-order valence-corrected chi connectivity index (χ3v) is 6.65. The Hall–Kier alpha value is -2.83. The van der Waals surface area contributed by atoms with E-state index in [2.05, 4.69) is 14.9 Å². The molecule has 1 aliphatic heterocycles. The molecule has 0 bridgehead atoms. The van der Waals surface area contributed by atoms with Crippen molar-refractivity contribution in [3.05, 3.63) is 77.0 Å². The molecule has 1 N–H and O–H groups in total. The molecule has 2 aromatic heterocycles. The number of aryl methyl sites for hydroxylation is 3. The number of hydrogen-bond donors (Lipinski definition) is 1. The number of piperidine rings is 1. The van der Waals surface area contributed by atoms with Gasteiger partial charge in [-0.2, -0.15) is 0 Å². The number of imidazole rings is 1. The van der Waals surface area contributed by atoms with Crippen LogP contribution in [0.5, 0.6) is 0 Å². The summed E-state index contributed by atoms with van der Waals surface area (Å²) < 4.78 is 16.2. The Labute approximate surface area is 198 Å². The first-order valence-electron chi connectivity index (χ1n) is 11.6. The van der Waals surface area contributed by atoms with Gasteiger partial charge in [-0.3, -0.25) is 0 Å². The Morgan fingerprint density at radius 2 is 1.88 bits per heavy atom. The molecule has 5 nitrogen and oxygen atoms in total. The van der Waals surface area contributed by atoms with Crippen molar-refractivity contribution in [1.29, 1.82) is 0 Å². The molecule has 1 aliphatic rings. The number of rotatable bonds is 7. The number of benzene rings is 2. The third kappa shape index (κ3) is 5.07. The second-order valence-electron chi connectivity index (χ2n) is 8.67. The van der Waals surface area contributed by atoms with Crippen molar-refractivity contribution in [2.75, 3.05) is 13.1 Å². The molecular formula is C26H27ClFN5. The van der Waals surface area contributed by atoms with E-state index < -0.39 is 0 Å². The maximum absolute atomic E-state index is 14.0. The molecule has 3 heterocycles. The number of halogens is 2. The zero-order valence-corrected chi connectivity index (χ0v) is 19.2. The maximum atomic E-state index is 14.0. The molecular weight excluding hydrogens is 437 g/mol. The number of fused-ring (bicyclic) bond motifs is 1. The Balaban J connectivity index is 1.47. The van der Waals surface area contributed by atoms with Crippen LogP contribution >= 0.6 is 11.6 Å². The van der Waals surface area contributed by atoms with Crippen molar-refractivity contribution in [3.63, 3.8) is 0 Å². The minimum atomic E-state index is -0.186. The molecule has 170 valence electrons. The lowest BCUT2D eigenvalue weighted by atomic mass is 9.95. The molecule has 2 aromatic carbocycles. The molecule has 0 atom stereocenters. The van der Waals surface area contributed by atoms with Crippen LogP contribution in [0.3, 0.4) is 0 Å². The van der Waals surface area contributed by atoms with Gasteiger partial charge in [-0.05, 0) is 68.5 Å². The predicted molar refractivity (Wildman–Crippen MR) is 130 cm³/mol. The smallest absolute Gasteiger partial charge is 0.164 e. The Morgan fingerprint density at radius 3 is 2.70 bits per heavy atom. The van der Waals surface area contributed by atoms with Crippen molar-refractivity contribution in [3.8, 4) is 11.4 Å². The molecule has 1 fully saturated rings. The van der Waals surface area contributed by atoms with E-state index in [9.17, 15) is 4.39 Å². The Bertz CT molecular complexity index is 1250. The van der Waals surface area contributed by atoms with Crippen molar-refractivity contribution in [2.45, 2.75) is 38.6 Å². The van der Waals surface area contributed by atoms with Gasteiger partial charge in [-0.15, -0.1) is 0 Å². The van der Waals surface area contributed by atoms with Crippen LogP contribution in [-0.4, -0.2) is 32.6 Å². The summed E-state index contributed by atoms with van der Waals surface area (Å²) in [5.74, 6) is 2.07. The SMILES string of the molecule is Fc1ccccc1CCc1ncc2nc(-c3cccc(Cl)c3)n(CCC3CCNCC3)c2n1. The highest BCUT2D eigenvalue weighted by atomic mass is 35.5. The zero-order valence-electron chi connectivity index (χ0n) is 18.5. The number of nitrogens with zero attached hydrogens (tertiary/aromatic N) is 4. The molecule has 0 amide bonds. The van der Waals surface area contributed by atoms with E-state index in [1.807, 2.05) is 36.4 Å². The molecule has 5 rings (SSSR count). The zero-order chi connectivity index (χ0) is 22.6. The van der Waals surface area contributed by atoms with Crippen LogP contribution in [0, 0.1) is 11.7 Å². The van der Waals surface area contributed by atoms with E-state index in [1.54, 1.807) is 12.3 Å². The quantitative estimate of drug-likeness (QED) is 0.395. The fourth-order valence-corrected chi connectivity index (χ4v) is 4.75. The van der Waals surface area contributed by atoms with Crippen LogP contribution in [-0.2, 0) is 19.4 Å². The van der Waals surface area contributed by atoms with Gasteiger partial charge in [0.1, 0.15) is 23.0 Å². The topological polar surface area (TPSA) is 55.6 Å². The summed E-state index contributed by atoms with van der Waals surface area (Å²) in [7, 11) is 0. The average Bonchev–Trinajstić information content (AvgIpc) is 3.21. The summed E-state index contributed by atoms with van der Waals surface area (Å²) in [6, 6.07) is 14.7. The van der Waals surface area contributed by atoms with Gasteiger partial charge in [-0.25, -0.2) is 19.3 Å². The van der Waals surface area contributed by atoms with Gasteiger partial charge in [-0.1, -0.05) is 41.9 Å².